The van der Waals surface area contributed by atoms with Crippen LogP contribution in [0.25, 0.3) is 0 Å². The lowest BCUT2D eigenvalue weighted by Gasteiger charge is -2.25. The van der Waals surface area contributed by atoms with Crippen molar-refractivity contribution >= 4 is 17.5 Å². The smallest absolute Gasteiger partial charge is 0.240 e. The van der Waals surface area contributed by atoms with E-state index in [4.69, 9.17) is 0 Å². The third-order valence-corrected chi connectivity index (χ3v) is 4.07. The minimum atomic E-state index is -0.177. The molecule has 0 aliphatic carbocycles. The highest BCUT2D eigenvalue weighted by Gasteiger charge is 2.20. The maximum absolute atomic E-state index is 12.4. The van der Waals surface area contributed by atoms with E-state index in [0.717, 1.165) is 22.4 Å². The Hall–Kier alpha value is -2.62. The number of carbonyl (C=O) groups is 2. The van der Waals surface area contributed by atoms with Gasteiger partial charge in [-0.3, -0.25) is 9.59 Å². The van der Waals surface area contributed by atoms with E-state index in [1.807, 2.05) is 69.3 Å². The molecule has 0 bridgehead atoms. The van der Waals surface area contributed by atoms with Crippen LogP contribution in [0.3, 0.4) is 0 Å². The Morgan fingerprint density at radius 2 is 1.58 bits per heavy atom. The molecular weight excluding hydrogens is 300 g/mol. The minimum absolute atomic E-state index is 0.0121. The van der Waals surface area contributed by atoms with Gasteiger partial charge in [0, 0.05) is 6.92 Å². The van der Waals surface area contributed by atoms with Gasteiger partial charge in [-0.15, -0.1) is 0 Å². The number of nitrogens with zero attached hydrogens (tertiary/aromatic N) is 1. The molecule has 1 N–H and O–H groups in total. The molecule has 0 heterocycles. The molecule has 0 saturated carbocycles. The highest BCUT2D eigenvalue weighted by Crippen LogP contribution is 2.24. The maximum Gasteiger partial charge on any atom is 0.240 e. The van der Waals surface area contributed by atoms with Gasteiger partial charge >= 0.3 is 0 Å². The zero-order valence-electron chi connectivity index (χ0n) is 14.7. The molecule has 0 radical (unpaired) electrons. The molecule has 4 nitrogen and oxygen atoms in total. The van der Waals surface area contributed by atoms with Crippen LogP contribution in [0.15, 0.2) is 48.5 Å². The quantitative estimate of drug-likeness (QED) is 0.914. The summed E-state index contributed by atoms with van der Waals surface area (Å²) in [4.78, 5) is 26.1. The van der Waals surface area contributed by atoms with Crippen molar-refractivity contribution in [3.8, 4) is 0 Å². The molecule has 0 aliphatic heterocycles. The van der Waals surface area contributed by atoms with Gasteiger partial charge in [-0.05, 0) is 37.5 Å². The number of nitrogens with one attached hydrogen (secondary N) is 1. The molecule has 0 fully saturated rings. The molecule has 1 unspecified atom stereocenters. The lowest BCUT2D eigenvalue weighted by atomic mass is 10.1. The van der Waals surface area contributed by atoms with Crippen LogP contribution in [0.2, 0.25) is 0 Å². The number of hydrogen-bond acceptors (Lipinski definition) is 2. The summed E-state index contributed by atoms with van der Waals surface area (Å²) in [5.74, 6) is -0.320. The second-order valence-electron chi connectivity index (χ2n) is 6.05. The zero-order valence-corrected chi connectivity index (χ0v) is 14.7. The standard InChI is InChI=1S/C20H24N2O2/c1-14-9-8-10-15(2)20(14)22(17(4)23)13-19(24)21-16(3)18-11-6-5-7-12-18/h5-12,16H,13H2,1-4H3,(H,21,24). The molecule has 2 rings (SSSR count). The van der Waals surface area contributed by atoms with Crippen molar-refractivity contribution in [2.45, 2.75) is 33.7 Å². The molecule has 4 heteroatoms. The molecule has 2 aromatic rings. The molecule has 126 valence electrons. The first kappa shape index (κ1) is 17.7. The van der Waals surface area contributed by atoms with E-state index in [1.165, 1.54) is 11.8 Å². The van der Waals surface area contributed by atoms with E-state index >= 15 is 0 Å². The number of rotatable bonds is 5. The van der Waals surface area contributed by atoms with Gasteiger partial charge in [0.1, 0.15) is 6.54 Å². The number of para-hydroxylation sites is 1. The van der Waals surface area contributed by atoms with Gasteiger partial charge in [0.15, 0.2) is 0 Å². The lowest BCUT2D eigenvalue weighted by Crippen LogP contribution is -2.41. The van der Waals surface area contributed by atoms with Crippen LogP contribution in [-0.2, 0) is 9.59 Å². The first-order valence-electron chi connectivity index (χ1n) is 8.08. The van der Waals surface area contributed by atoms with E-state index in [1.54, 1.807) is 0 Å². The fraction of sp³-hybridized carbons (Fsp3) is 0.300. The molecule has 0 saturated heterocycles. The number of aryl methyl sites for hydroxylation is 2. The monoisotopic (exact) mass is 324 g/mol. The average Bonchev–Trinajstić information content (AvgIpc) is 2.54. The molecule has 0 aliphatic rings. The van der Waals surface area contributed by atoms with E-state index in [0.29, 0.717) is 0 Å². The van der Waals surface area contributed by atoms with Gasteiger partial charge in [0.05, 0.1) is 11.7 Å². The van der Waals surface area contributed by atoms with Crippen molar-refractivity contribution in [2.24, 2.45) is 0 Å². The van der Waals surface area contributed by atoms with Crippen molar-refractivity contribution in [1.29, 1.82) is 0 Å². The largest absolute Gasteiger partial charge is 0.348 e. The second-order valence-corrected chi connectivity index (χ2v) is 6.05. The SMILES string of the molecule is CC(=O)N(CC(=O)NC(C)c1ccccc1)c1c(C)cccc1C. The van der Waals surface area contributed by atoms with Crippen molar-refractivity contribution < 1.29 is 9.59 Å². The van der Waals surface area contributed by atoms with Gasteiger partial charge in [0.2, 0.25) is 11.8 Å². The zero-order chi connectivity index (χ0) is 17.7. The second kappa shape index (κ2) is 7.77. The van der Waals surface area contributed by atoms with Crippen molar-refractivity contribution in [1.82, 2.24) is 5.32 Å². The van der Waals surface area contributed by atoms with Crippen molar-refractivity contribution in [2.75, 3.05) is 11.4 Å². The van der Waals surface area contributed by atoms with E-state index in [2.05, 4.69) is 5.32 Å². The number of carbonyl (C=O) groups excluding carboxylic acids is 2. The number of anilines is 1. The normalized spacial score (nSPS) is 11.7. The molecular formula is C20H24N2O2. The summed E-state index contributed by atoms with van der Waals surface area (Å²) in [6, 6.07) is 15.5. The Kier molecular flexibility index (Phi) is 5.74. The summed E-state index contributed by atoms with van der Waals surface area (Å²) < 4.78 is 0. The lowest BCUT2D eigenvalue weighted by molar-refractivity contribution is -0.123. The van der Waals surface area contributed by atoms with E-state index < -0.39 is 0 Å². The molecule has 24 heavy (non-hydrogen) atoms. The highest BCUT2D eigenvalue weighted by atomic mass is 16.2. The fourth-order valence-electron chi connectivity index (χ4n) is 2.84. The summed E-state index contributed by atoms with van der Waals surface area (Å²) in [6.07, 6.45) is 0. The number of amides is 2. The van der Waals surface area contributed by atoms with Crippen LogP contribution < -0.4 is 10.2 Å². The summed E-state index contributed by atoms with van der Waals surface area (Å²) >= 11 is 0. The molecule has 0 spiro atoms. The van der Waals surface area contributed by atoms with Crippen molar-refractivity contribution in [3.05, 3.63) is 65.2 Å². The van der Waals surface area contributed by atoms with Gasteiger partial charge in [-0.25, -0.2) is 0 Å². The van der Waals surface area contributed by atoms with Gasteiger partial charge in [-0.2, -0.15) is 0 Å². The molecule has 0 aromatic heterocycles. The summed E-state index contributed by atoms with van der Waals surface area (Å²) in [6.45, 7) is 7.33. The van der Waals surface area contributed by atoms with Crippen LogP contribution >= 0.6 is 0 Å². The minimum Gasteiger partial charge on any atom is -0.348 e. The first-order valence-corrected chi connectivity index (χ1v) is 8.08. The summed E-state index contributed by atoms with van der Waals surface area (Å²) in [7, 11) is 0. The maximum atomic E-state index is 12.4. The summed E-state index contributed by atoms with van der Waals surface area (Å²) in [5.41, 5.74) is 3.81. The third kappa shape index (κ3) is 4.22. The Morgan fingerprint density at radius 3 is 2.12 bits per heavy atom. The van der Waals surface area contributed by atoms with Crippen LogP contribution in [0.5, 0.6) is 0 Å². The molecule has 2 amide bonds. The van der Waals surface area contributed by atoms with E-state index in [-0.39, 0.29) is 24.4 Å². The van der Waals surface area contributed by atoms with Gasteiger partial charge in [-0.1, -0.05) is 48.5 Å². The average molecular weight is 324 g/mol. The topological polar surface area (TPSA) is 49.4 Å². The third-order valence-electron chi connectivity index (χ3n) is 4.07. The molecule has 2 aromatic carbocycles. The van der Waals surface area contributed by atoms with E-state index in [9.17, 15) is 9.59 Å². The number of hydrogen-bond donors (Lipinski definition) is 1. The Labute approximate surface area is 143 Å². The molecule has 1 atom stereocenters. The van der Waals surface area contributed by atoms with Crippen molar-refractivity contribution in [3.63, 3.8) is 0 Å². The fourth-order valence-corrected chi connectivity index (χ4v) is 2.84. The first-order chi connectivity index (χ1) is 11.4. The van der Waals surface area contributed by atoms with Gasteiger partial charge in [0.25, 0.3) is 0 Å². The van der Waals surface area contributed by atoms with Crippen LogP contribution in [0, 0.1) is 13.8 Å². The predicted molar refractivity (Wildman–Crippen MR) is 96.9 cm³/mol. The summed E-state index contributed by atoms with van der Waals surface area (Å²) in [5, 5.41) is 2.96. The Balaban J connectivity index is 2.14. The Bertz CT molecular complexity index is 705. The van der Waals surface area contributed by atoms with Crippen LogP contribution in [0.4, 0.5) is 5.69 Å². The van der Waals surface area contributed by atoms with Gasteiger partial charge < -0.3 is 10.2 Å². The highest BCUT2D eigenvalue weighted by molar-refractivity contribution is 5.98. The van der Waals surface area contributed by atoms with Crippen LogP contribution in [-0.4, -0.2) is 18.4 Å². The number of benzene rings is 2. The Morgan fingerprint density at radius 1 is 1.00 bits per heavy atom. The predicted octanol–water partition coefficient (Wildman–Crippen LogP) is 3.53. The van der Waals surface area contributed by atoms with Crippen LogP contribution in [0.1, 0.15) is 36.6 Å².